The summed E-state index contributed by atoms with van der Waals surface area (Å²) >= 11 is 0. The van der Waals surface area contributed by atoms with E-state index in [-0.39, 0.29) is 25.4 Å². The highest BCUT2D eigenvalue weighted by atomic mass is 16.5. The first-order chi connectivity index (χ1) is 12.6. The fourth-order valence-corrected chi connectivity index (χ4v) is 2.50. The first-order valence-electron chi connectivity index (χ1n) is 8.46. The minimum Gasteiger partial charge on any atom is -0.466 e. The number of hydrazine groups is 1. The molecule has 0 aliphatic rings. The molecule has 0 aliphatic heterocycles. The third-order valence-electron chi connectivity index (χ3n) is 3.71. The first kappa shape index (κ1) is 19.2. The number of ether oxygens (including phenoxy) is 1. The third-order valence-corrected chi connectivity index (χ3v) is 3.71. The van der Waals surface area contributed by atoms with E-state index in [0.29, 0.717) is 0 Å². The van der Waals surface area contributed by atoms with Crippen molar-refractivity contribution in [3.05, 3.63) is 71.8 Å². The van der Waals surface area contributed by atoms with E-state index in [9.17, 15) is 14.4 Å². The SMILES string of the molecule is CCOC(=O)CCC(=O)NNC(=O)C(c1ccccc1)c1ccccc1. The fourth-order valence-electron chi connectivity index (χ4n) is 2.50. The van der Waals surface area contributed by atoms with E-state index in [2.05, 4.69) is 10.9 Å². The number of hydrogen-bond acceptors (Lipinski definition) is 4. The Labute approximate surface area is 152 Å². The lowest BCUT2D eigenvalue weighted by Gasteiger charge is -2.18. The van der Waals surface area contributed by atoms with Crippen LogP contribution in [0.4, 0.5) is 0 Å². The molecule has 0 bridgehead atoms. The second-order valence-electron chi connectivity index (χ2n) is 5.60. The van der Waals surface area contributed by atoms with Gasteiger partial charge in [-0.2, -0.15) is 0 Å². The van der Waals surface area contributed by atoms with Gasteiger partial charge < -0.3 is 4.74 Å². The zero-order chi connectivity index (χ0) is 18.8. The van der Waals surface area contributed by atoms with Crippen LogP contribution in [0.3, 0.4) is 0 Å². The van der Waals surface area contributed by atoms with Crippen LogP contribution >= 0.6 is 0 Å². The second kappa shape index (κ2) is 9.98. The summed E-state index contributed by atoms with van der Waals surface area (Å²) in [7, 11) is 0. The molecule has 0 fully saturated rings. The predicted molar refractivity (Wildman–Crippen MR) is 96.9 cm³/mol. The van der Waals surface area contributed by atoms with Gasteiger partial charge in [-0.3, -0.25) is 25.2 Å². The maximum atomic E-state index is 12.7. The Balaban J connectivity index is 1.99. The molecule has 2 aromatic rings. The van der Waals surface area contributed by atoms with Gasteiger partial charge in [0, 0.05) is 6.42 Å². The molecule has 136 valence electrons. The summed E-state index contributed by atoms with van der Waals surface area (Å²) in [6.07, 6.45) is -0.0865. The summed E-state index contributed by atoms with van der Waals surface area (Å²) in [6, 6.07) is 18.6. The molecule has 2 amide bonds. The van der Waals surface area contributed by atoms with E-state index >= 15 is 0 Å². The quantitative estimate of drug-likeness (QED) is 0.590. The van der Waals surface area contributed by atoms with Gasteiger partial charge in [-0.15, -0.1) is 0 Å². The van der Waals surface area contributed by atoms with Crippen LogP contribution < -0.4 is 10.9 Å². The highest BCUT2D eigenvalue weighted by Gasteiger charge is 2.22. The monoisotopic (exact) mass is 354 g/mol. The highest BCUT2D eigenvalue weighted by molar-refractivity contribution is 5.89. The number of amides is 2. The molecule has 26 heavy (non-hydrogen) atoms. The molecule has 0 radical (unpaired) electrons. The number of rotatable bonds is 7. The Morgan fingerprint density at radius 3 is 1.88 bits per heavy atom. The number of esters is 1. The molecule has 0 aliphatic carbocycles. The van der Waals surface area contributed by atoms with Crippen molar-refractivity contribution in [2.24, 2.45) is 0 Å². The average Bonchev–Trinajstić information content (AvgIpc) is 2.67. The summed E-state index contributed by atoms with van der Waals surface area (Å²) in [5.41, 5.74) is 6.43. The van der Waals surface area contributed by atoms with Gasteiger partial charge in [0.05, 0.1) is 18.9 Å². The van der Waals surface area contributed by atoms with Gasteiger partial charge >= 0.3 is 5.97 Å². The molecule has 2 rings (SSSR count). The van der Waals surface area contributed by atoms with Crippen LogP contribution in [0, 0.1) is 0 Å². The van der Waals surface area contributed by atoms with Crippen molar-refractivity contribution in [1.29, 1.82) is 0 Å². The van der Waals surface area contributed by atoms with Gasteiger partial charge in [0.1, 0.15) is 0 Å². The molecule has 6 nitrogen and oxygen atoms in total. The summed E-state index contributed by atoms with van der Waals surface area (Å²) in [4.78, 5) is 35.8. The molecule has 0 spiro atoms. The van der Waals surface area contributed by atoms with Crippen molar-refractivity contribution in [2.45, 2.75) is 25.7 Å². The largest absolute Gasteiger partial charge is 0.466 e. The zero-order valence-electron chi connectivity index (χ0n) is 14.6. The highest BCUT2D eigenvalue weighted by Crippen LogP contribution is 2.24. The Kier molecular flexibility index (Phi) is 7.36. The second-order valence-corrected chi connectivity index (χ2v) is 5.60. The summed E-state index contributed by atoms with van der Waals surface area (Å²) < 4.78 is 4.77. The smallest absolute Gasteiger partial charge is 0.306 e. The van der Waals surface area contributed by atoms with Gasteiger partial charge in [-0.05, 0) is 18.1 Å². The van der Waals surface area contributed by atoms with Crippen molar-refractivity contribution in [3.8, 4) is 0 Å². The van der Waals surface area contributed by atoms with Crippen molar-refractivity contribution >= 4 is 17.8 Å². The Bertz CT molecular complexity index is 692. The fraction of sp³-hybridized carbons (Fsp3) is 0.250. The summed E-state index contributed by atoms with van der Waals surface area (Å²) in [6.45, 7) is 1.97. The molecule has 0 saturated heterocycles. The molecule has 0 saturated carbocycles. The van der Waals surface area contributed by atoms with Crippen molar-refractivity contribution in [3.63, 3.8) is 0 Å². The number of benzene rings is 2. The van der Waals surface area contributed by atoms with Gasteiger partial charge in [-0.25, -0.2) is 0 Å². The third kappa shape index (κ3) is 5.73. The minimum atomic E-state index is -0.553. The molecule has 0 heterocycles. The molecule has 2 N–H and O–H groups in total. The molecule has 2 aromatic carbocycles. The van der Waals surface area contributed by atoms with Crippen LogP contribution in [0.1, 0.15) is 36.8 Å². The van der Waals surface area contributed by atoms with Crippen LogP contribution in [0.2, 0.25) is 0 Å². The first-order valence-corrected chi connectivity index (χ1v) is 8.46. The lowest BCUT2D eigenvalue weighted by atomic mass is 9.91. The van der Waals surface area contributed by atoms with E-state index in [1.165, 1.54) is 0 Å². The number of nitrogens with one attached hydrogen (secondary N) is 2. The predicted octanol–water partition coefficient (Wildman–Crippen LogP) is 2.31. The molecule has 6 heteroatoms. The average molecular weight is 354 g/mol. The van der Waals surface area contributed by atoms with Crippen LogP contribution in [0.25, 0.3) is 0 Å². The Morgan fingerprint density at radius 2 is 1.38 bits per heavy atom. The van der Waals surface area contributed by atoms with Crippen LogP contribution in [0.5, 0.6) is 0 Å². The topological polar surface area (TPSA) is 84.5 Å². The van der Waals surface area contributed by atoms with E-state index in [1.807, 2.05) is 60.7 Å². The normalized spacial score (nSPS) is 10.2. The standard InChI is InChI=1S/C20H22N2O4/c1-2-26-18(24)14-13-17(23)21-22-20(25)19(15-9-5-3-6-10-15)16-11-7-4-8-12-16/h3-12,19H,2,13-14H2,1H3,(H,21,23)(H,22,25). The molecular formula is C20H22N2O4. The Hall–Kier alpha value is -3.15. The van der Waals surface area contributed by atoms with Gasteiger partial charge in [-0.1, -0.05) is 60.7 Å². The maximum absolute atomic E-state index is 12.7. The number of carbonyl (C=O) groups is 3. The van der Waals surface area contributed by atoms with Crippen LogP contribution in [-0.4, -0.2) is 24.4 Å². The summed E-state index contributed by atoms with van der Waals surface area (Å²) in [5, 5.41) is 0. The van der Waals surface area contributed by atoms with Gasteiger partial charge in [0.15, 0.2) is 0 Å². The molecule has 0 aromatic heterocycles. The summed E-state index contributed by atoms with van der Waals surface area (Å²) in [5.74, 6) is -1.80. The van der Waals surface area contributed by atoms with Crippen LogP contribution in [-0.2, 0) is 19.1 Å². The van der Waals surface area contributed by atoms with E-state index in [0.717, 1.165) is 11.1 Å². The lowest BCUT2D eigenvalue weighted by Crippen LogP contribution is -2.44. The molecule has 0 unspecified atom stereocenters. The van der Waals surface area contributed by atoms with E-state index in [4.69, 9.17) is 4.74 Å². The van der Waals surface area contributed by atoms with Gasteiger partial charge in [0.2, 0.25) is 11.8 Å². The van der Waals surface area contributed by atoms with Crippen molar-refractivity contribution in [2.75, 3.05) is 6.61 Å². The van der Waals surface area contributed by atoms with Crippen LogP contribution in [0.15, 0.2) is 60.7 Å². The lowest BCUT2D eigenvalue weighted by molar-refractivity contribution is -0.144. The maximum Gasteiger partial charge on any atom is 0.306 e. The molecule has 0 atom stereocenters. The number of carbonyl (C=O) groups excluding carboxylic acids is 3. The molecular weight excluding hydrogens is 332 g/mol. The van der Waals surface area contributed by atoms with E-state index in [1.54, 1.807) is 6.92 Å². The van der Waals surface area contributed by atoms with Gasteiger partial charge in [0.25, 0.3) is 0 Å². The minimum absolute atomic E-state index is 0.0314. The van der Waals surface area contributed by atoms with E-state index < -0.39 is 17.8 Å². The number of hydrogen-bond donors (Lipinski definition) is 2. The van der Waals surface area contributed by atoms with Crippen molar-refractivity contribution < 1.29 is 19.1 Å². The Morgan fingerprint density at radius 1 is 0.846 bits per heavy atom. The zero-order valence-corrected chi connectivity index (χ0v) is 14.6. The van der Waals surface area contributed by atoms with Crippen molar-refractivity contribution in [1.82, 2.24) is 10.9 Å².